The molecular weight excluding hydrogens is 234 g/mol. The van der Waals surface area contributed by atoms with Gasteiger partial charge in [-0.25, -0.2) is 0 Å². The molecule has 4 nitrogen and oxygen atoms in total. The van der Waals surface area contributed by atoms with Gasteiger partial charge in [-0.05, 0) is 31.1 Å². The summed E-state index contributed by atoms with van der Waals surface area (Å²) >= 11 is 1.65. The van der Waals surface area contributed by atoms with Crippen molar-refractivity contribution in [3.63, 3.8) is 0 Å². The van der Waals surface area contributed by atoms with Crippen LogP contribution >= 0.6 is 11.8 Å². The normalized spacial score (nSPS) is 29.8. The average Bonchev–Trinajstić information content (AvgIpc) is 2.67. The third-order valence-corrected chi connectivity index (χ3v) is 4.80. The topological polar surface area (TPSA) is 64.9 Å². The van der Waals surface area contributed by atoms with Crippen LogP contribution in [0, 0.1) is 18.8 Å². The first-order chi connectivity index (χ1) is 8.06. The zero-order valence-corrected chi connectivity index (χ0v) is 11.5. The van der Waals surface area contributed by atoms with E-state index in [2.05, 4.69) is 24.0 Å². The molecule has 1 aliphatic rings. The molecule has 0 saturated heterocycles. The Morgan fingerprint density at radius 3 is 2.71 bits per heavy atom. The fourth-order valence-electron chi connectivity index (χ4n) is 2.38. The lowest BCUT2D eigenvalue weighted by Gasteiger charge is -2.34. The standard InChI is InChI=1S/C12H21N3OS/c1-7(2)9-4-5-10(13)11(6-9)17-12-15-14-8(3)16-12/h7,9-11H,4-6,13H2,1-3H3. The van der Waals surface area contributed by atoms with E-state index in [1.54, 1.807) is 11.8 Å². The summed E-state index contributed by atoms with van der Waals surface area (Å²) in [5, 5.41) is 8.96. The smallest absolute Gasteiger partial charge is 0.276 e. The summed E-state index contributed by atoms with van der Waals surface area (Å²) in [7, 11) is 0. The molecule has 3 atom stereocenters. The molecule has 17 heavy (non-hydrogen) atoms. The molecule has 0 spiro atoms. The lowest BCUT2D eigenvalue weighted by Crippen LogP contribution is -2.39. The molecule has 3 unspecified atom stereocenters. The molecule has 1 aliphatic carbocycles. The number of aromatic nitrogens is 2. The largest absolute Gasteiger partial charge is 0.416 e. The van der Waals surface area contributed by atoms with Crippen molar-refractivity contribution in [3.8, 4) is 0 Å². The monoisotopic (exact) mass is 255 g/mol. The van der Waals surface area contributed by atoms with Crippen LogP contribution in [0.3, 0.4) is 0 Å². The Bertz CT molecular complexity index is 366. The fourth-order valence-corrected chi connectivity index (χ4v) is 3.55. The van der Waals surface area contributed by atoms with Gasteiger partial charge in [-0.3, -0.25) is 0 Å². The number of hydrogen-bond acceptors (Lipinski definition) is 5. The summed E-state index contributed by atoms with van der Waals surface area (Å²) in [6.07, 6.45) is 3.51. The minimum atomic E-state index is 0.252. The Morgan fingerprint density at radius 2 is 2.12 bits per heavy atom. The van der Waals surface area contributed by atoms with Gasteiger partial charge in [0, 0.05) is 18.2 Å². The molecule has 0 aromatic carbocycles. The minimum Gasteiger partial charge on any atom is -0.416 e. The van der Waals surface area contributed by atoms with Crippen molar-refractivity contribution in [3.05, 3.63) is 5.89 Å². The average molecular weight is 255 g/mol. The zero-order valence-electron chi connectivity index (χ0n) is 10.7. The second kappa shape index (κ2) is 5.40. The summed E-state index contributed by atoms with van der Waals surface area (Å²) < 4.78 is 5.42. The van der Waals surface area contributed by atoms with Gasteiger partial charge in [-0.15, -0.1) is 10.2 Å². The molecule has 1 aromatic rings. The Balaban J connectivity index is 1.98. The maximum absolute atomic E-state index is 6.19. The van der Waals surface area contributed by atoms with Crippen molar-refractivity contribution >= 4 is 11.8 Å². The van der Waals surface area contributed by atoms with Crippen molar-refractivity contribution in [1.82, 2.24) is 10.2 Å². The highest BCUT2D eigenvalue weighted by Gasteiger charge is 2.31. The van der Waals surface area contributed by atoms with Crippen LogP contribution in [-0.2, 0) is 0 Å². The summed E-state index contributed by atoms with van der Waals surface area (Å²) in [6, 6.07) is 0.252. The van der Waals surface area contributed by atoms with E-state index in [9.17, 15) is 0 Å². The number of rotatable bonds is 3. The van der Waals surface area contributed by atoms with E-state index in [0.717, 1.165) is 24.7 Å². The third kappa shape index (κ3) is 3.22. The molecule has 0 radical (unpaired) electrons. The van der Waals surface area contributed by atoms with E-state index in [-0.39, 0.29) is 6.04 Å². The van der Waals surface area contributed by atoms with Gasteiger partial charge in [0.25, 0.3) is 5.22 Å². The van der Waals surface area contributed by atoms with E-state index >= 15 is 0 Å². The van der Waals surface area contributed by atoms with Crippen LogP contribution in [0.25, 0.3) is 0 Å². The second-order valence-electron chi connectivity index (χ2n) is 5.22. The summed E-state index contributed by atoms with van der Waals surface area (Å²) in [6.45, 7) is 6.40. The maximum Gasteiger partial charge on any atom is 0.276 e. The molecular formula is C12H21N3OS. The molecule has 0 amide bonds. The molecule has 2 N–H and O–H groups in total. The second-order valence-corrected chi connectivity index (χ2v) is 6.41. The van der Waals surface area contributed by atoms with Gasteiger partial charge in [0.2, 0.25) is 5.89 Å². The van der Waals surface area contributed by atoms with Gasteiger partial charge < -0.3 is 10.2 Å². The quantitative estimate of drug-likeness (QED) is 0.899. The molecule has 1 saturated carbocycles. The fraction of sp³-hybridized carbons (Fsp3) is 0.833. The number of aryl methyl sites for hydroxylation is 1. The molecule has 1 fully saturated rings. The predicted molar refractivity (Wildman–Crippen MR) is 68.8 cm³/mol. The van der Waals surface area contributed by atoms with Crippen LogP contribution in [0.2, 0.25) is 0 Å². The summed E-state index contributed by atoms with van der Waals surface area (Å²) in [4.78, 5) is 0. The molecule has 5 heteroatoms. The maximum atomic E-state index is 6.19. The van der Waals surface area contributed by atoms with Crippen LogP contribution in [0.4, 0.5) is 0 Å². The third-order valence-electron chi connectivity index (χ3n) is 3.59. The van der Waals surface area contributed by atoms with E-state index in [4.69, 9.17) is 10.2 Å². The summed E-state index contributed by atoms with van der Waals surface area (Å²) in [5.74, 6) is 2.13. The van der Waals surface area contributed by atoms with Gasteiger partial charge in [0.1, 0.15) is 0 Å². The predicted octanol–water partition coefficient (Wildman–Crippen LogP) is 2.62. The first-order valence-corrected chi connectivity index (χ1v) is 7.16. The number of thioether (sulfide) groups is 1. The van der Waals surface area contributed by atoms with Gasteiger partial charge in [-0.1, -0.05) is 25.6 Å². The minimum absolute atomic E-state index is 0.252. The van der Waals surface area contributed by atoms with Crippen molar-refractivity contribution < 1.29 is 4.42 Å². The molecule has 1 aromatic heterocycles. The molecule has 0 bridgehead atoms. The Hall–Kier alpha value is -0.550. The Labute approximate surface area is 107 Å². The molecule has 2 rings (SSSR count). The van der Waals surface area contributed by atoms with Gasteiger partial charge in [0.15, 0.2) is 0 Å². The first kappa shape index (κ1) is 12.9. The van der Waals surface area contributed by atoms with Crippen LogP contribution < -0.4 is 5.73 Å². The van der Waals surface area contributed by atoms with Crippen LogP contribution in [0.5, 0.6) is 0 Å². The SMILES string of the molecule is Cc1nnc(SC2CC(C(C)C)CCC2N)o1. The highest BCUT2D eigenvalue weighted by atomic mass is 32.2. The molecule has 1 heterocycles. The first-order valence-electron chi connectivity index (χ1n) is 6.28. The van der Waals surface area contributed by atoms with Crippen LogP contribution in [0.1, 0.15) is 39.0 Å². The lowest BCUT2D eigenvalue weighted by molar-refractivity contribution is 0.265. The van der Waals surface area contributed by atoms with Gasteiger partial charge in [0.05, 0.1) is 0 Å². The summed E-state index contributed by atoms with van der Waals surface area (Å²) in [5.41, 5.74) is 6.19. The number of nitrogens with two attached hydrogens (primary N) is 1. The van der Waals surface area contributed by atoms with Gasteiger partial charge in [-0.2, -0.15) is 0 Å². The lowest BCUT2D eigenvalue weighted by atomic mass is 9.79. The zero-order chi connectivity index (χ0) is 12.4. The number of nitrogens with zero attached hydrogens (tertiary/aromatic N) is 2. The van der Waals surface area contributed by atoms with E-state index in [0.29, 0.717) is 16.4 Å². The van der Waals surface area contributed by atoms with Crippen molar-refractivity contribution in [2.24, 2.45) is 17.6 Å². The molecule has 0 aliphatic heterocycles. The van der Waals surface area contributed by atoms with Crippen LogP contribution in [0.15, 0.2) is 9.64 Å². The van der Waals surface area contributed by atoms with Crippen LogP contribution in [-0.4, -0.2) is 21.5 Å². The Morgan fingerprint density at radius 1 is 1.35 bits per heavy atom. The Kier molecular flexibility index (Phi) is 4.09. The van der Waals surface area contributed by atoms with Crippen molar-refractivity contribution in [2.75, 3.05) is 0 Å². The van der Waals surface area contributed by atoms with E-state index < -0.39 is 0 Å². The van der Waals surface area contributed by atoms with Gasteiger partial charge >= 0.3 is 0 Å². The van der Waals surface area contributed by atoms with Crippen molar-refractivity contribution in [1.29, 1.82) is 0 Å². The highest BCUT2D eigenvalue weighted by molar-refractivity contribution is 7.99. The highest BCUT2D eigenvalue weighted by Crippen LogP contribution is 2.37. The molecule has 96 valence electrons. The van der Waals surface area contributed by atoms with E-state index in [1.165, 1.54) is 6.42 Å². The van der Waals surface area contributed by atoms with E-state index in [1.807, 2.05) is 6.92 Å². The van der Waals surface area contributed by atoms with Crippen molar-refractivity contribution in [2.45, 2.75) is 56.5 Å². The number of hydrogen-bond donors (Lipinski definition) is 1.